The van der Waals surface area contributed by atoms with E-state index in [0.29, 0.717) is 0 Å². The molecule has 0 N–H and O–H groups in total. The van der Waals surface area contributed by atoms with Gasteiger partial charge in [-0.2, -0.15) is 0 Å². The van der Waals surface area contributed by atoms with Crippen LogP contribution in [0.1, 0.15) is 64.1 Å². The summed E-state index contributed by atoms with van der Waals surface area (Å²) in [5.74, 6) is 7.13. The van der Waals surface area contributed by atoms with Gasteiger partial charge < -0.3 is 0 Å². The van der Waals surface area contributed by atoms with Gasteiger partial charge in [-0.25, -0.2) is 9.97 Å². The first-order chi connectivity index (χ1) is 10.2. The van der Waals surface area contributed by atoms with Crippen LogP contribution < -0.4 is 0 Å². The average molecular weight is 292 g/mol. The van der Waals surface area contributed by atoms with E-state index in [4.69, 9.17) is 0 Å². The Morgan fingerprint density at radius 1 is 0.682 bits per heavy atom. The Bertz CT molecular complexity index is 624. The first-order valence-electron chi connectivity index (χ1n) is 7.61. The third kappa shape index (κ3) is 4.18. The molecule has 0 unspecified atom stereocenters. The maximum Gasteiger partial charge on any atom is 0.133 e. The summed E-state index contributed by atoms with van der Waals surface area (Å²) < 4.78 is 0. The highest BCUT2D eigenvalue weighted by atomic mass is 14.9. The molecule has 1 heterocycles. The molecule has 0 bridgehead atoms. The Hall–Kier alpha value is -2.14. The molecule has 0 spiro atoms. The smallest absolute Gasteiger partial charge is 0.133 e. The molecule has 0 amide bonds. The van der Waals surface area contributed by atoms with Gasteiger partial charge in [0.25, 0.3) is 0 Å². The molecule has 2 nitrogen and oxygen atoms in total. The molecule has 0 radical (unpaired) electrons. The zero-order chi connectivity index (χ0) is 16.4. The number of hydrogen-bond acceptors (Lipinski definition) is 2. The molecule has 22 heavy (non-hydrogen) atoms. The van der Waals surface area contributed by atoms with Gasteiger partial charge in [-0.1, -0.05) is 65.5 Å². The van der Waals surface area contributed by atoms with Crippen LogP contribution in [0, 0.1) is 11.8 Å². The number of benzene rings is 1. The SMILES string of the molecule is CC(C)(C)c1ccc(C#Cc2cnc(C(C)(C)C)nc2)cc1. The van der Waals surface area contributed by atoms with Crippen molar-refractivity contribution in [1.29, 1.82) is 0 Å². The van der Waals surface area contributed by atoms with E-state index < -0.39 is 0 Å². The standard InChI is InChI=1S/C20H24N2/c1-19(2,3)17-11-9-15(10-12-17)7-8-16-13-21-18(22-14-16)20(4,5)6/h9-14H,1-6H3. The fourth-order valence-electron chi connectivity index (χ4n) is 1.98. The summed E-state index contributed by atoms with van der Waals surface area (Å²) in [6.07, 6.45) is 3.59. The molecule has 2 rings (SSSR count). The Morgan fingerprint density at radius 3 is 1.64 bits per heavy atom. The van der Waals surface area contributed by atoms with E-state index >= 15 is 0 Å². The van der Waals surface area contributed by atoms with Crippen LogP contribution in [-0.4, -0.2) is 9.97 Å². The number of rotatable bonds is 0. The topological polar surface area (TPSA) is 25.8 Å². The molecule has 0 saturated carbocycles. The van der Waals surface area contributed by atoms with Crippen LogP contribution in [-0.2, 0) is 10.8 Å². The zero-order valence-electron chi connectivity index (χ0n) is 14.4. The van der Waals surface area contributed by atoms with Crippen molar-refractivity contribution in [3.63, 3.8) is 0 Å². The number of nitrogens with zero attached hydrogens (tertiary/aromatic N) is 2. The predicted octanol–water partition coefficient (Wildman–Crippen LogP) is 4.47. The lowest BCUT2D eigenvalue weighted by atomic mass is 9.87. The molecule has 0 aliphatic heterocycles. The largest absolute Gasteiger partial charge is 0.240 e. The first-order valence-corrected chi connectivity index (χ1v) is 7.61. The Balaban J connectivity index is 2.17. The molecule has 114 valence electrons. The third-order valence-corrected chi connectivity index (χ3v) is 3.42. The first kappa shape index (κ1) is 16.2. The normalized spacial score (nSPS) is 11.7. The van der Waals surface area contributed by atoms with Gasteiger partial charge in [0.05, 0.1) is 5.56 Å². The van der Waals surface area contributed by atoms with E-state index in [1.54, 1.807) is 12.4 Å². The molecule has 0 atom stereocenters. The molecule has 0 aliphatic rings. The van der Waals surface area contributed by atoms with Gasteiger partial charge in [-0.3, -0.25) is 0 Å². The number of aromatic nitrogens is 2. The van der Waals surface area contributed by atoms with E-state index in [9.17, 15) is 0 Å². The van der Waals surface area contributed by atoms with Crippen molar-refractivity contribution in [2.45, 2.75) is 52.4 Å². The lowest BCUT2D eigenvalue weighted by Gasteiger charge is -2.18. The fraction of sp³-hybridized carbons (Fsp3) is 0.400. The van der Waals surface area contributed by atoms with Gasteiger partial charge >= 0.3 is 0 Å². The lowest BCUT2D eigenvalue weighted by Crippen LogP contribution is -2.15. The summed E-state index contributed by atoms with van der Waals surface area (Å²) in [5, 5.41) is 0. The van der Waals surface area contributed by atoms with E-state index in [2.05, 4.69) is 87.6 Å². The summed E-state index contributed by atoms with van der Waals surface area (Å²) >= 11 is 0. The van der Waals surface area contributed by atoms with Crippen LogP contribution in [0.2, 0.25) is 0 Å². The van der Waals surface area contributed by atoms with Crippen LogP contribution in [0.4, 0.5) is 0 Å². The van der Waals surface area contributed by atoms with Crippen molar-refractivity contribution >= 4 is 0 Å². The van der Waals surface area contributed by atoms with Crippen LogP contribution in [0.25, 0.3) is 0 Å². The minimum absolute atomic E-state index is 0.0330. The third-order valence-electron chi connectivity index (χ3n) is 3.42. The van der Waals surface area contributed by atoms with Crippen LogP contribution >= 0.6 is 0 Å². The van der Waals surface area contributed by atoms with Crippen molar-refractivity contribution in [3.8, 4) is 11.8 Å². The average Bonchev–Trinajstić information content (AvgIpc) is 2.44. The Labute approximate surface area is 134 Å². The highest BCUT2D eigenvalue weighted by molar-refractivity contribution is 5.42. The van der Waals surface area contributed by atoms with Crippen LogP contribution in [0.3, 0.4) is 0 Å². The molecular weight excluding hydrogens is 268 g/mol. The highest BCUT2D eigenvalue weighted by Gasteiger charge is 2.16. The van der Waals surface area contributed by atoms with Crippen molar-refractivity contribution < 1.29 is 0 Å². The highest BCUT2D eigenvalue weighted by Crippen LogP contribution is 2.22. The Morgan fingerprint density at radius 2 is 1.18 bits per heavy atom. The zero-order valence-corrected chi connectivity index (χ0v) is 14.4. The molecule has 0 fully saturated rings. The molecule has 1 aromatic heterocycles. The van der Waals surface area contributed by atoms with Crippen molar-refractivity contribution in [1.82, 2.24) is 9.97 Å². The predicted molar refractivity (Wildman–Crippen MR) is 91.9 cm³/mol. The lowest BCUT2D eigenvalue weighted by molar-refractivity contribution is 0.545. The van der Waals surface area contributed by atoms with Crippen LogP contribution in [0.5, 0.6) is 0 Å². The summed E-state index contributed by atoms with van der Waals surface area (Å²) in [6.45, 7) is 12.9. The van der Waals surface area contributed by atoms with Gasteiger partial charge in [0, 0.05) is 23.4 Å². The van der Waals surface area contributed by atoms with E-state index in [0.717, 1.165) is 17.0 Å². The minimum atomic E-state index is -0.0330. The minimum Gasteiger partial charge on any atom is -0.240 e. The summed E-state index contributed by atoms with van der Waals surface area (Å²) in [4.78, 5) is 8.79. The Kier molecular flexibility index (Phi) is 4.37. The van der Waals surface area contributed by atoms with Gasteiger partial charge in [-0.15, -0.1) is 0 Å². The van der Waals surface area contributed by atoms with Gasteiger partial charge in [-0.05, 0) is 23.1 Å². The van der Waals surface area contributed by atoms with Crippen molar-refractivity contribution in [2.75, 3.05) is 0 Å². The van der Waals surface area contributed by atoms with Crippen molar-refractivity contribution in [3.05, 3.63) is 59.2 Å². The summed E-state index contributed by atoms with van der Waals surface area (Å²) in [5.41, 5.74) is 3.30. The summed E-state index contributed by atoms with van der Waals surface area (Å²) in [7, 11) is 0. The molecule has 2 aromatic rings. The quantitative estimate of drug-likeness (QED) is 0.669. The molecule has 2 heteroatoms. The second-order valence-electron chi connectivity index (χ2n) is 7.62. The van der Waals surface area contributed by atoms with Gasteiger partial charge in [0.1, 0.15) is 5.82 Å². The molecule has 0 saturated heterocycles. The van der Waals surface area contributed by atoms with E-state index in [1.807, 2.05) is 0 Å². The molecule has 1 aromatic carbocycles. The molecular formula is C20H24N2. The van der Waals surface area contributed by atoms with E-state index in [-0.39, 0.29) is 10.8 Å². The van der Waals surface area contributed by atoms with Crippen molar-refractivity contribution in [2.24, 2.45) is 0 Å². The maximum absolute atomic E-state index is 4.40. The molecule has 0 aliphatic carbocycles. The monoisotopic (exact) mass is 292 g/mol. The van der Waals surface area contributed by atoms with Gasteiger partial charge in [0.2, 0.25) is 0 Å². The maximum atomic E-state index is 4.40. The van der Waals surface area contributed by atoms with Gasteiger partial charge in [0.15, 0.2) is 0 Å². The summed E-state index contributed by atoms with van der Waals surface area (Å²) in [6, 6.07) is 8.42. The second kappa shape index (κ2) is 5.93. The van der Waals surface area contributed by atoms with E-state index in [1.165, 1.54) is 5.56 Å². The fourth-order valence-corrected chi connectivity index (χ4v) is 1.98. The second-order valence-corrected chi connectivity index (χ2v) is 7.62. The number of hydrogen-bond donors (Lipinski definition) is 0. The van der Waals surface area contributed by atoms with Crippen LogP contribution in [0.15, 0.2) is 36.7 Å².